The minimum Gasteiger partial charge on any atom is -0.314 e. The van der Waals surface area contributed by atoms with Crippen LogP contribution in [0, 0.1) is 5.92 Å². The summed E-state index contributed by atoms with van der Waals surface area (Å²) >= 11 is 0. The first-order valence-corrected chi connectivity index (χ1v) is 8.26. The molecule has 4 nitrogen and oxygen atoms in total. The van der Waals surface area contributed by atoms with E-state index in [-0.39, 0.29) is 12.0 Å². The molecule has 0 bridgehead atoms. The standard InChI is InChI=1S/C13H20N2O2S/c1-2-14-13(9-12-5-3-4-7-15-12)11-6-8-18(16,17)10-11/h3-5,7,11,13-14H,2,6,8-10H2,1H3. The lowest BCUT2D eigenvalue weighted by atomic mass is 9.95. The number of hydrogen-bond acceptors (Lipinski definition) is 4. The van der Waals surface area contributed by atoms with Crippen molar-refractivity contribution in [3.8, 4) is 0 Å². The fourth-order valence-electron chi connectivity index (χ4n) is 2.55. The van der Waals surface area contributed by atoms with Crippen LogP contribution in [0.1, 0.15) is 19.0 Å². The molecule has 2 heterocycles. The van der Waals surface area contributed by atoms with Gasteiger partial charge >= 0.3 is 0 Å². The van der Waals surface area contributed by atoms with Crippen molar-refractivity contribution >= 4 is 9.84 Å². The molecule has 0 aromatic carbocycles. The SMILES string of the molecule is CCNC(Cc1ccccn1)C1CCS(=O)(=O)C1. The van der Waals surface area contributed by atoms with Gasteiger partial charge in [0.25, 0.3) is 0 Å². The van der Waals surface area contributed by atoms with Crippen molar-refractivity contribution in [2.75, 3.05) is 18.1 Å². The van der Waals surface area contributed by atoms with E-state index in [1.165, 1.54) is 0 Å². The zero-order valence-electron chi connectivity index (χ0n) is 10.7. The molecule has 1 aliphatic heterocycles. The van der Waals surface area contributed by atoms with Crippen molar-refractivity contribution in [3.63, 3.8) is 0 Å². The van der Waals surface area contributed by atoms with Gasteiger partial charge in [0.2, 0.25) is 0 Å². The number of likely N-dealkylation sites (N-methyl/N-ethyl adjacent to an activating group) is 1. The Bertz CT molecular complexity index is 473. The van der Waals surface area contributed by atoms with Crippen molar-refractivity contribution in [2.24, 2.45) is 5.92 Å². The minimum absolute atomic E-state index is 0.210. The Morgan fingerprint density at radius 2 is 2.33 bits per heavy atom. The summed E-state index contributed by atoms with van der Waals surface area (Å²) in [6.07, 6.45) is 3.35. The number of hydrogen-bond donors (Lipinski definition) is 1. The third kappa shape index (κ3) is 3.53. The Labute approximate surface area is 109 Å². The average molecular weight is 268 g/mol. The largest absolute Gasteiger partial charge is 0.314 e. The molecule has 1 aromatic heterocycles. The van der Waals surface area contributed by atoms with Crippen molar-refractivity contribution < 1.29 is 8.42 Å². The Hall–Kier alpha value is -0.940. The van der Waals surface area contributed by atoms with Crippen molar-refractivity contribution in [1.82, 2.24) is 10.3 Å². The normalized spacial score (nSPS) is 23.9. The highest BCUT2D eigenvalue weighted by atomic mass is 32.2. The molecule has 1 saturated heterocycles. The molecule has 1 N–H and O–H groups in total. The van der Waals surface area contributed by atoms with E-state index in [0.29, 0.717) is 11.5 Å². The first-order chi connectivity index (χ1) is 8.61. The number of nitrogens with one attached hydrogen (secondary N) is 1. The maximum absolute atomic E-state index is 11.6. The van der Waals surface area contributed by atoms with Gasteiger partial charge in [-0.1, -0.05) is 13.0 Å². The Balaban J connectivity index is 2.05. The van der Waals surface area contributed by atoms with Gasteiger partial charge in [-0.25, -0.2) is 8.42 Å². The molecule has 0 aliphatic carbocycles. The molecule has 0 spiro atoms. The molecule has 0 amide bonds. The minimum atomic E-state index is -2.81. The van der Waals surface area contributed by atoms with Crippen molar-refractivity contribution in [3.05, 3.63) is 30.1 Å². The summed E-state index contributed by atoms with van der Waals surface area (Å²) in [6.45, 7) is 2.91. The van der Waals surface area contributed by atoms with Crippen LogP contribution < -0.4 is 5.32 Å². The van der Waals surface area contributed by atoms with Crippen LogP contribution in [0.5, 0.6) is 0 Å². The summed E-state index contributed by atoms with van der Waals surface area (Å²) in [5.41, 5.74) is 1.02. The molecular formula is C13H20N2O2S. The van der Waals surface area contributed by atoms with Crippen molar-refractivity contribution in [2.45, 2.75) is 25.8 Å². The van der Waals surface area contributed by atoms with Crippen molar-refractivity contribution in [1.29, 1.82) is 0 Å². The highest BCUT2D eigenvalue weighted by Crippen LogP contribution is 2.23. The zero-order valence-corrected chi connectivity index (χ0v) is 11.5. The molecule has 0 saturated carbocycles. The van der Waals surface area contributed by atoms with E-state index in [4.69, 9.17) is 0 Å². The van der Waals surface area contributed by atoms with E-state index >= 15 is 0 Å². The second kappa shape index (κ2) is 5.80. The molecule has 1 aliphatic rings. The van der Waals surface area contributed by atoms with Gasteiger partial charge in [0, 0.05) is 24.4 Å². The van der Waals surface area contributed by atoms with E-state index in [2.05, 4.69) is 17.2 Å². The molecule has 1 fully saturated rings. The summed E-state index contributed by atoms with van der Waals surface area (Å²) < 4.78 is 23.1. The summed E-state index contributed by atoms with van der Waals surface area (Å²) in [6, 6.07) is 6.07. The topological polar surface area (TPSA) is 59.1 Å². The molecule has 2 unspecified atom stereocenters. The van der Waals surface area contributed by atoms with E-state index in [1.807, 2.05) is 18.2 Å². The van der Waals surface area contributed by atoms with E-state index < -0.39 is 9.84 Å². The quantitative estimate of drug-likeness (QED) is 0.867. The van der Waals surface area contributed by atoms with Crippen LogP contribution in [0.2, 0.25) is 0 Å². The lowest BCUT2D eigenvalue weighted by molar-refractivity contribution is 0.383. The van der Waals surface area contributed by atoms with Crippen LogP contribution in [0.3, 0.4) is 0 Å². The smallest absolute Gasteiger partial charge is 0.150 e. The van der Waals surface area contributed by atoms with Crippen LogP contribution in [-0.2, 0) is 16.3 Å². The van der Waals surface area contributed by atoms with Gasteiger partial charge in [-0.3, -0.25) is 4.98 Å². The molecule has 5 heteroatoms. The summed E-state index contributed by atoms with van der Waals surface area (Å²) in [7, 11) is -2.81. The highest BCUT2D eigenvalue weighted by Gasteiger charge is 2.33. The molecular weight excluding hydrogens is 248 g/mol. The Morgan fingerprint density at radius 1 is 1.50 bits per heavy atom. The monoisotopic (exact) mass is 268 g/mol. The molecule has 18 heavy (non-hydrogen) atoms. The fourth-order valence-corrected chi connectivity index (χ4v) is 4.43. The summed E-state index contributed by atoms with van der Waals surface area (Å²) in [4.78, 5) is 4.32. The molecule has 100 valence electrons. The molecule has 1 aromatic rings. The lowest BCUT2D eigenvalue weighted by Gasteiger charge is -2.23. The predicted molar refractivity (Wildman–Crippen MR) is 72.2 cm³/mol. The third-order valence-corrected chi connectivity index (χ3v) is 5.25. The summed E-state index contributed by atoms with van der Waals surface area (Å²) in [5, 5.41) is 3.41. The Morgan fingerprint density at radius 3 is 2.89 bits per heavy atom. The molecule has 2 atom stereocenters. The van der Waals surface area contributed by atoms with Crippen LogP contribution in [0.4, 0.5) is 0 Å². The number of rotatable bonds is 5. The van der Waals surface area contributed by atoms with Crippen LogP contribution in [0.25, 0.3) is 0 Å². The van der Waals surface area contributed by atoms with Gasteiger partial charge in [0.15, 0.2) is 9.84 Å². The maximum Gasteiger partial charge on any atom is 0.150 e. The van der Waals surface area contributed by atoms with Gasteiger partial charge in [0.05, 0.1) is 11.5 Å². The van der Waals surface area contributed by atoms with Gasteiger partial charge in [-0.05, 0) is 31.0 Å². The van der Waals surface area contributed by atoms with Gasteiger partial charge in [-0.15, -0.1) is 0 Å². The van der Waals surface area contributed by atoms with Crippen LogP contribution >= 0.6 is 0 Å². The van der Waals surface area contributed by atoms with Crippen LogP contribution in [-0.4, -0.2) is 37.5 Å². The van der Waals surface area contributed by atoms with E-state index in [0.717, 1.165) is 25.1 Å². The lowest BCUT2D eigenvalue weighted by Crippen LogP contribution is -2.38. The maximum atomic E-state index is 11.6. The third-order valence-electron chi connectivity index (χ3n) is 3.46. The second-order valence-electron chi connectivity index (χ2n) is 4.85. The van der Waals surface area contributed by atoms with E-state index in [1.54, 1.807) is 6.20 Å². The number of pyridine rings is 1. The Kier molecular flexibility index (Phi) is 4.35. The van der Waals surface area contributed by atoms with Gasteiger partial charge in [-0.2, -0.15) is 0 Å². The first kappa shape index (κ1) is 13.5. The second-order valence-corrected chi connectivity index (χ2v) is 7.08. The first-order valence-electron chi connectivity index (χ1n) is 6.44. The van der Waals surface area contributed by atoms with E-state index in [9.17, 15) is 8.42 Å². The van der Waals surface area contributed by atoms with Gasteiger partial charge < -0.3 is 5.32 Å². The molecule has 2 rings (SSSR count). The fraction of sp³-hybridized carbons (Fsp3) is 0.615. The van der Waals surface area contributed by atoms with Crippen LogP contribution in [0.15, 0.2) is 24.4 Å². The average Bonchev–Trinajstić information content (AvgIpc) is 2.70. The number of sulfone groups is 1. The molecule has 0 radical (unpaired) electrons. The number of nitrogens with zero attached hydrogens (tertiary/aromatic N) is 1. The highest BCUT2D eigenvalue weighted by molar-refractivity contribution is 7.91. The number of aromatic nitrogens is 1. The predicted octanol–water partition coefficient (Wildman–Crippen LogP) is 1.04. The zero-order chi connectivity index (χ0) is 13.0. The van der Waals surface area contributed by atoms with Gasteiger partial charge in [0.1, 0.15) is 0 Å². The summed E-state index contributed by atoms with van der Waals surface area (Å²) in [5.74, 6) is 0.871.